The second kappa shape index (κ2) is 5.25. The van der Waals surface area contributed by atoms with Crippen molar-refractivity contribution in [1.82, 2.24) is 4.98 Å². The van der Waals surface area contributed by atoms with Crippen molar-refractivity contribution < 1.29 is 0 Å². The monoisotopic (exact) mass is 288 g/mol. The fourth-order valence-corrected chi connectivity index (χ4v) is 3.51. The highest BCUT2D eigenvalue weighted by Crippen LogP contribution is 2.37. The molecule has 1 heterocycles. The van der Waals surface area contributed by atoms with E-state index < -0.39 is 0 Å². The van der Waals surface area contributed by atoms with Gasteiger partial charge in [0, 0.05) is 17.6 Å². The molecule has 0 amide bonds. The molecule has 1 fully saturated rings. The van der Waals surface area contributed by atoms with Crippen LogP contribution in [0.2, 0.25) is 5.02 Å². The maximum Gasteiger partial charge on any atom is 0.0948 e. The lowest BCUT2D eigenvalue weighted by Crippen LogP contribution is -2.31. The molecule has 1 unspecified atom stereocenters. The topological polar surface area (TPSA) is 24.9 Å². The van der Waals surface area contributed by atoms with Gasteiger partial charge in [-0.15, -0.1) is 0 Å². The molecule has 1 aliphatic carbocycles. The Morgan fingerprint density at radius 2 is 2.15 bits per heavy atom. The second-order valence-corrected chi connectivity index (χ2v) is 7.00. The minimum atomic E-state index is 0.436. The van der Waals surface area contributed by atoms with Crippen molar-refractivity contribution in [1.29, 1.82) is 0 Å². The lowest BCUT2D eigenvalue weighted by molar-refractivity contribution is 0.229. The van der Waals surface area contributed by atoms with Gasteiger partial charge in [-0.25, -0.2) is 0 Å². The largest absolute Gasteiger partial charge is 0.381 e. The first-order valence-corrected chi connectivity index (χ1v) is 7.73. The zero-order valence-electron chi connectivity index (χ0n) is 12.1. The molecule has 1 atom stereocenters. The Balaban J connectivity index is 1.90. The van der Waals surface area contributed by atoms with Gasteiger partial charge in [0.15, 0.2) is 0 Å². The minimum Gasteiger partial charge on any atom is -0.381 e. The Kier molecular flexibility index (Phi) is 3.59. The summed E-state index contributed by atoms with van der Waals surface area (Å²) in [5.74, 6) is 0. The van der Waals surface area contributed by atoms with E-state index in [0.717, 1.165) is 21.6 Å². The van der Waals surface area contributed by atoms with Gasteiger partial charge < -0.3 is 5.32 Å². The van der Waals surface area contributed by atoms with E-state index in [4.69, 9.17) is 11.6 Å². The number of nitrogens with zero attached hydrogens (tertiary/aromatic N) is 1. The molecule has 0 saturated heterocycles. The fourth-order valence-electron chi connectivity index (χ4n) is 3.30. The average Bonchev–Trinajstić information content (AvgIpc) is 2.41. The Morgan fingerprint density at radius 1 is 1.30 bits per heavy atom. The number of halogens is 1. The SMILES string of the molecule is CC1(C)CCCC(Nc2ccc(Cl)c3cccnc23)C1. The zero-order chi connectivity index (χ0) is 14.2. The molecule has 0 bridgehead atoms. The van der Waals surface area contributed by atoms with Gasteiger partial charge >= 0.3 is 0 Å². The third-order valence-corrected chi connectivity index (χ3v) is 4.61. The van der Waals surface area contributed by atoms with Crippen LogP contribution in [0.15, 0.2) is 30.5 Å². The van der Waals surface area contributed by atoms with Gasteiger partial charge in [-0.05, 0) is 48.9 Å². The fraction of sp³-hybridized carbons (Fsp3) is 0.471. The Morgan fingerprint density at radius 3 is 2.95 bits per heavy atom. The van der Waals surface area contributed by atoms with Gasteiger partial charge in [0.1, 0.15) is 0 Å². The molecule has 1 saturated carbocycles. The van der Waals surface area contributed by atoms with Crippen LogP contribution in [0.3, 0.4) is 0 Å². The van der Waals surface area contributed by atoms with Crippen molar-refractivity contribution in [2.24, 2.45) is 5.41 Å². The summed E-state index contributed by atoms with van der Waals surface area (Å²) in [6.45, 7) is 4.72. The number of hydrogen-bond acceptors (Lipinski definition) is 2. The number of aromatic nitrogens is 1. The molecular weight excluding hydrogens is 268 g/mol. The van der Waals surface area contributed by atoms with Crippen molar-refractivity contribution in [3.8, 4) is 0 Å². The molecule has 0 aliphatic heterocycles. The van der Waals surface area contributed by atoms with Crippen LogP contribution in [0.25, 0.3) is 10.9 Å². The molecule has 0 radical (unpaired) electrons. The van der Waals surface area contributed by atoms with Crippen LogP contribution in [0.1, 0.15) is 39.5 Å². The minimum absolute atomic E-state index is 0.436. The van der Waals surface area contributed by atoms with Crippen LogP contribution < -0.4 is 5.32 Å². The molecule has 1 aromatic heterocycles. The van der Waals surface area contributed by atoms with Crippen molar-refractivity contribution in [3.63, 3.8) is 0 Å². The summed E-state index contributed by atoms with van der Waals surface area (Å²) in [4.78, 5) is 4.50. The number of hydrogen-bond donors (Lipinski definition) is 1. The van der Waals surface area contributed by atoms with Gasteiger partial charge in [-0.2, -0.15) is 0 Å². The quantitative estimate of drug-likeness (QED) is 0.814. The molecule has 20 heavy (non-hydrogen) atoms. The van der Waals surface area contributed by atoms with E-state index in [9.17, 15) is 0 Å². The number of pyridine rings is 1. The maximum atomic E-state index is 6.25. The van der Waals surface area contributed by atoms with Gasteiger partial charge in [-0.1, -0.05) is 31.9 Å². The molecule has 3 heteroatoms. The molecule has 0 spiro atoms. The Labute approximate surface area is 125 Å². The molecule has 2 aromatic rings. The Hall–Kier alpha value is -1.28. The molecular formula is C17H21ClN2. The molecule has 1 aliphatic rings. The van der Waals surface area contributed by atoms with Gasteiger partial charge in [-0.3, -0.25) is 4.98 Å². The summed E-state index contributed by atoms with van der Waals surface area (Å²) in [6, 6.07) is 8.51. The third kappa shape index (κ3) is 2.76. The van der Waals surface area contributed by atoms with Crippen LogP contribution in [0.5, 0.6) is 0 Å². The highest BCUT2D eigenvalue weighted by Gasteiger charge is 2.28. The maximum absolute atomic E-state index is 6.25. The standard InChI is InChI=1S/C17H21ClN2/c1-17(2)9-3-5-12(11-17)20-15-8-7-14(18)13-6-4-10-19-16(13)15/h4,6-8,10,12,20H,3,5,9,11H2,1-2H3. The van der Waals surface area contributed by atoms with Gasteiger partial charge in [0.25, 0.3) is 0 Å². The number of fused-ring (bicyclic) bond motifs is 1. The first kappa shape index (κ1) is 13.7. The zero-order valence-corrected chi connectivity index (χ0v) is 12.9. The van der Waals surface area contributed by atoms with Crippen molar-refractivity contribution in [2.45, 2.75) is 45.6 Å². The van der Waals surface area contributed by atoms with Crippen LogP contribution in [-0.2, 0) is 0 Å². The van der Waals surface area contributed by atoms with Crippen LogP contribution in [0.4, 0.5) is 5.69 Å². The van der Waals surface area contributed by atoms with Crippen molar-refractivity contribution in [2.75, 3.05) is 5.32 Å². The van der Waals surface area contributed by atoms with Crippen molar-refractivity contribution >= 4 is 28.2 Å². The van der Waals surface area contributed by atoms with E-state index in [0.29, 0.717) is 11.5 Å². The molecule has 2 nitrogen and oxygen atoms in total. The van der Waals surface area contributed by atoms with E-state index in [-0.39, 0.29) is 0 Å². The van der Waals surface area contributed by atoms with E-state index >= 15 is 0 Å². The Bertz CT molecular complexity index is 621. The number of benzene rings is 1. The van der Waals surface area contributed by atoms with E-state index in [2.05, 4.69) is 30.2 Å². The summed E-state index contributed by atoms with van der Waals surface area (Å²) in [5, 5.41) is 5.47. The summed E-state index contributed by atoms with van der Waals surface area (Å²) < 4.78 is 0. The molecule has 1 N–H and O–H groups in total. The lowest BCUT2D eigenvalue weighted by atomic mass is 9.75. The number of anilines is 1. The van der Waals surface area contributed by atoms with E-state index in [1.54, 1.807) is 0 Å². The predicted octanol–water partition coefficient (Wildman–Crippen LogP) is 5.27. The predicted molar refractivity (Wildman–Crippen MR) is 86.4 cm³/mol. The van der Waals surface area contributed by atoms with E-state index in [1.807, 2.05) is 24.4 Å². The summed E-state index contributed by atoms with van der Waals surface area (Å²) >= 11 is 6.25. The summed E-state index contributed by atoms with van der Waals surface area (Å²) in [7, 11) is 0. The molecule has 1 aromatic carbocycles. The highest BCUT2D eigenvalue weighted by atomic mass is 35.5. The van der Waals surface area contributed by atoms with Gasteiger partial charge in [0.2, 0.25) is 0 Å². The van der Waals surface area contributed by atoms with Crippen molar-refractivity contribution in [3.05, 3.63) is 35.5 Å². The first-order chi connectivity index (χ1) is 9.55. The number of nitrogens with one attached hydrogen (secondary N) is 1. The first-order valence-electron chi connectivity index (χ1n) is 7.35. The highest BCUT2D eigenvalue weighted by molar-refractivity contribution is 6.35. The third-order valence-electron chi connectivity index (χ3n) is 4.28. The van der Waals surface area contributed by atoms with E-state index in [1.165, 1.54) is 25.7 Å². The van der Waals surface area contributed by atoms with Crippen LogP contribution >= 0.6 is 11.6 Å². The summed E-state index contributed by atoms with van der Waals surface area (Å²) in [6.07, 6.45) is 6.90. The normalized spacial score (nSPS) is 21.9. The molecule has 3 rings (SSSR count). The number of rotatable bonds is 2. The summed E-state index contributed by atoms with van der Waals surface area (Å²) in [5.41, 5.74) is 2.52. The van der Waals surface area contributed by atoms with Crippen LogP contribution in [0, 0.1) is 5.41 Å². The lowest BCUT2D eigenvalue weighted by Gasteiger charge is -2.36. The van der Waals surface area contributed by atoms with Crippen LogP contribution in [-0.4, -0.2) is 11.0 Å². The van der Waals surface area contributed by atoms with Gasteiger partial charge in [0.05, 0.1) is 16.2 Å². The second-order valence-electron chi connectivity index (χ2n) is 6.60. The smallest absolute Gasteiger partial charge is 0.0948 e. The molecule has 106 valence electrons. The average molecular weight is 289 g/mol.